The van der Waals surface area contributed by atoms with Crippen LogP contribution >= 0.6 is 11.6 Å². The van der Waals surface area contributed by atoms with Gasteiger partial charge in [-0.1, -0.05) is 11.6 Å². The van der Waals surface area contributed by atoms with E-state index in [9.17, 15) is 4.79 Å². The van der Waals surface area contributed by atoms with Crippen molar-refractivity contribution in [2.75, 3.05) is 5.32 Å². The number of aryl methyl sites for hydroxylation is 1. The molecule has 4 nitrogen and oxygen atoms in total. The average Bonchev–Trinajstić information content (AvgIpc) is 2.39. The lowest BCUT2D eigenvalue weighted by Gasteiger charge is -2.11. The van der Waals surface area contributed by atoms with E-state index in [1.54, 1.807) is 31.2 Å². The van der Waals surface area contributed by atoms with Gasteiger partial charge in [0, 0.05) is 16.9 Å². The molecule has 0 atom stereocenters. The Balaban J connectivity index is 2.08. The van der Waals surface area contributed by atoms with E-state index in [0.717, 1.165) is 5.75 Å². The zero-order chi connectivity index (χ0) is 15.4. The Labute approximate surface area is 129 Å². The molecule has 0 spiro atoms. The summed E-state index contributed by atoms with van der Waals surface area (Å²) in [5, 5.41) is 3.12. The van der Waals surface area contributed by atoms with Crippen molar-refractivity contribution in [1.29, 1.82) is 0 Å². The Morgan fingerprint density at radius 2 is 1.90 bits per heavy atom. The second-order valence-electron chi connectivity index (χ2n) is 4.97. The topological polar surface area (TPSA) is 51.2 Å². The van der Waals surface area contributed by atoms with Crippen LogP contribution in [0.15, 0.2) is 36.4 Å². The minimum Gasteiger partial charge on any atom is -0.491 e. The van der Waals surface area contributed by atoms with Crippen molar-refractivity contribution >= 4 is 23.2 Å². The van der Waals surface area contributed by atoms with E-state index >= 15 is 0 Å². The molecule has 110 valence electrons. The second-order valence-corrected chi connectivity index (χ2v) is 5.35. The van der Waals surface area contributed by atoms with Gasteiger partial charge in [0.25, 0.3) is 5.91 Å². The number of halogens is 1. The highest BCUT2D eigenvalue weighted by molar-refractivity contribution is 6.29. The van der Waals surface area contributed by atoms with Gasteiger partial charge in [0.1, 0.15) is 10.9 Å². The Bertz CT molecular complexity index is 619. The summed E-state index contributed by atoms with van der Waals surface area (Å²) < 4.78 is 5.55. The van der Waals surface area contributed by atoms with Crippen LogP contribution in [0.3, 0.4) is 0 Å². The fourth-order valence-electron chi connectivity index (χ4n) is 1.85. The van der Waals surface area contributed by atoms with Gasteiger partial charge in [-0.25, -0.2) is 4.98 Å². The number of carbonyl (C=O) groups is 1. The number of anilines is 1. The normalized spacial score (nSPS) is 10.5. The van der Waals surface area contributed by atoms with Gasteiger partial charge in [-0.2, -0.15) is 0 Å². The quantitative estimate of drug-likeness (QED) is 0.866. The van der Waals surface area contributed by atoms with Crippen molar-refractivity contribution < 1.29 is 9.53 Å². The Kier molecular flexibility index (Phi) is 4.81. The maximum absolute atomic E-state index is 12.2. The van der Waals surface area contributed by atoms with Gasteiger partial charge < -0.3 is 10.1 Å². The van der Waals surface area contributed by atoms with Crippen molar-refractivity contribution in [1.82, 2.24) is 4.98 Å². The van der Waals surface area contributed by atoms with Gasteiger partial charge in [0.05, 0.1) is 6.10 Å². The molecule has 21 heavy (non-hydrogen) atoms. The smallest absolute Gasteiger partial charge is 0.255 e. The van der Waals surface area contributed by atoms with Crippen molar-refractivity contribution in [3.63, 3.8) is 0 Å². The summed E-state index contributed by atoms with van der Waals surface area (Å²) in [6, 6.07) is 10.5. The molecule has 0 aliphatic heterocycles. The van der Waals surface area contributed by atoms with Crippen LogP contribution in [0.1, 0.15) is 29.9 Å². The first-order valence-electron chi connectivity index (χ1n) is 6.66. The number of benzene rings is 1. The average molecular weight is 305 g/mol. The molecule has 1 aromatic carbocycles. The lowest BCUT2D eigenvalue weighted by atomic mass is 10.2. The molecule has 0 saturated heterocycles. The van der Waals surface area contributed by atoms with E-state index in [2.05, 4.69) is 10.3 Å². The zero-order valence-electron chi connectivity index (χ0n) is 12.2. The molecule has 2 aromatic rings. The third-order valence-electron chi connectivity index (χ3n) is 2.67. The maximum Gasteiger partial charge on any atom is 0.255 e. The highest BCUT2D eigenvalue weighted by Gasteiger charge is 2.08. The van der Waals surface area contributed by atoms with Crippen LogP contribution in [-0.4, -0.2) is 17.0 Å². The summed E-state index contributed by atoms with van der Waals surface area (Å²) >= 11 is 5.86. The van der Waals surface area contributed by atoms with Crippen LogP contribution in [0.5, 0.6) is 5.75 Å². The molecule has 0 aliphatic rings. The largest absolute Gasteiger partial charge is 0.491 e. The summed E-state index contributed by atoms with van der Waals surface area (Å²) in [6.45, 7) is 5.72. The molecule has 0 bridgehead atoms. The van der Waals surface area contributed by atoms with Crippen LogP contribution in [-0.2, 0) is 0 Å². The molecular weight excluding hydrogens is 288 g/mol. The van der Waals surface area contributed by atoms with Crippen LogP contribution < -0.4 is 10.1 Å². The number of pyridine rings is 1. The van der Waals surface area contributed by atoms with Crippen LogP contribution in [0, 0.1) is 6.92 Å². The Morgan fingerprint density at radius 1 is 1.24 bits per heavy atom. The molecule has 0 radical (unpaired) electrons. The number of rotatable bonds is 4. The number of hydrogen-bond donors (Lipinski definition) is 1. The summed E-state index contributed by atoms with van der Waals surface area (Å²) in [7, 11) is 0. The van der Waals surface area contributed by atoms with Gasteiger partial charge in [-0.05, 0) is 57.2 Å². The highest BCUT2D eigenvalue weighted by Crippen LogP contribution is 2.18. The first kappa shape index (κ1) is 15.3. The van der Waals surface area contributed by atoms with Crippen molar-refractivity contribution in [3.05, 3.63) is 52.8 Å². The number of ether oxygens (including phenoxy) is 1. The van der Waals surface area contributed by atoms with Crippen LogP contribution in [0.25, 0.3) is 0 Å². The molecule has 1 N–H and O–H groups in total. The predicted molar refractivity (Wildman–Crippen MR) is 84.1 cm³/mol. The first-order valence-corrected chi connectivity index (χ1v) is 7.04. The van der Waals surface area contributed by atoms with E-state index in [4.69, 9.17) is 16.3 Å². The molecule has 0 unspecified atom stereocenters. The third kappa shape index (κ3) is 4.46. The summed E-state index contributed by atoms with van der Waals surface area (Å²) in [6.07, 6.45) is 0.118. The second kappa shape index (κ2) is 6.59. The summed E-state index contributed by atoms with van der Waals surface area (Å²) in [4.78, 5) is 16.2. The Hall–Kier alpha value is -2.07. The maximum atomic E-state index is 12.2. The van der Waals surface area contributed by atoms with Gasteiger partial charge in [0.15, 0.2) is 0 Å². The van der Waals surface area contributed by atoms with E-state index in [-0.39, 0.29) is 12.0 Å². The number of aromatic nitrogens is 1. The Morgan fingerprint density at radius 3 is 2.48 bits per heavy atom. The van der Waals surface area contributed by atoms with Crippen LogP contribution in [0.2, 0.25) is 5.15 Å². The number of amides is 1. The monoisotopic (exact) mass is 304 g/mol. The molecule has 1 heterocycles. The van der Waals surface area contributed by atoms with E-state index in [0.29, 0.717) is 22.1 Å². The SMILES string of the molecule is Cc1cc(C(=O)Nc2ccc(OC(C)C)cc2)cc(Cl)n1. The predicted octanol–water partition coefficient (Wildman–Crippen LogP) is 4.08. The van der Waals surface area contributed by atoms with Crippen LogP contribution in [0.4, 0.5) is 5.69 Å². The van der Waals surface area contributed by atoms with E-state index < -0.39 is 0 Å². The zero-order valence-corrected chi connectivity index (χ0v) is 12.9. The molecular formula is C16H17ClN2O2. The van der Waals surface area contributed by atoms with Gasteiger partial charge in [-0.15, -0.1) is 0 Å². The lowest BCUT2D eigenvalue weighted by Crippen LogP contribution is -2.12. The fourth-order valence-corrected chi connectivity index (χ4v) is 2.10. The molecule has 0 saturated carbocycles. The van der Waals surface area contributed by atoms with E-state index in [1.807, 2.05) is 26.0 Å². The lowest BCUT2D eigenvalue weighted by molar-refractivity contribution is 0.102. The van der Waals surface area contributed by atoms with Gasteiger partial charge in [0.2, 0.25) is 0 Å². The van der Waals surface area contributed by atoms with E-state index in [1.165, 1.54) is 0 Å². The number of hydrogen-bond acceptors (Lipinski definition) is 3. The van der Waals surface area contributed by atoms with Crippen molar-refractivity contribution in [2.24, 2.45) is 0 Å². The molecule has 1 aromatic heterocycles. The first-order chi connectivity index (χ1) is 9.94. The molecule has 2 rings (SSSR count). The number of nitrogens with one attached hydrogen (secondary N) is 1. The number of nitrogens with zero attached hydrogens (tertiary/aromatic N) is 1. The molecule has 0 fully saturated rings. The third-order valence-corrected chi connectivity index (χ3v) is 2.86. The fraction of sp³-hybridized carbons (Fsp3) is 0.250. The summed E-state index contributed by atoms with van der Waals surface area (Å²) in [5.41, 5.74) is 1.88. The number of carbonyl (C=O) groups excluding carboxylic acids is 1. The standard InChI is InChI=1S/C16H17ClN2O2/c1-10(2)21-14-6-4-13(5-7-14)19-16(20)12-8-11(3)18-15(17)9-12/h4-10H,1-3H3,(H,19,20). The summed E-state index contributed by atoms with van der Waals surface area (Å²) in [5.74, 6) is 0.547. The molecule has 1 amide bonds. The van der Waals surface area contributed by atoms with Crippen molar-refractivity contribution in [2.45, 2.75) is 26.9 Å². The van der Waals surface area contributed by atoms with Gasteiger partial charge in [-0.3, -0.25) is 4.79 Å². The van der Waals surface area contributed by atoms with Gasteiger partial charge >= 0.3 is 0 Å². The molecule has 5 heteroatoms. The minimum absolute atomic E-state index is 0.118. The highest BCUT2D eigenvalue weighted by atomic mass is 35.5. The molecule has 0 aliphatic carbocycles. The van der Waals surface area contributed by atoms with Crippen molar-refractivity contribution in [3.8, 4) is 5.75 Å². The minimum atomic E-state index is -0.222.